The number of benzene rings is 1. The van der Waals surface area contributed by atoms with Crippen molar-refractivity contribution in [1.29, 1.82) is 0 Å². The van der Waals surface area contributed by atoms with Gasteiger partial charge in [-0.05, 0) is 35.9 Å². The monoisotopic (exact) mass is 252 g/mol. The number of rotatable bonds is 3. The van der Waals surface area contributed by atoms with E-state index in [0.717, 1.165) is 0 Å². The van der Waals surface area contributed by atoms with Crippen LogP contribution in [0.1, 0.15) is 21.7 Å². The van der Waals surface area contributed by atoms with E-state index >= 15 is 0 Å². The fraction of sp³-hybridized carbons (Fsp3) is 0.200. The summed E-state index contributed by atoms with van der Waals surface area (Å²) in [5.41, 5.74) is 0.728. The van der Waals surface area contributed by atoms with E-state index in [1.54, 1.807) is 13.0 Å². The van der Waals surface area contributed by atoms with E-state index in [-0.39, 0.29) is 12.1 Å². The van der Waals surface area contributed by atoms with Gasteiger partial charge in [-0.3, -0.25) is 0 Å². The molecule has 2 rings (SSSR count). The molecule has 17 heavy (non-hydrogen) atoms. The minimum atomic E-state index is -1.01. The highest BCUT2D eigenvalue weighted by atomic mass is 35.5. The zero-order valence-corrected chi connectivity index (χ0v) is 9.72. The Hall–Kier alpha value is -1.95. The summed E-state index contributed by atoms with van der Waals surface area (Å²) in [6.45, 7) is 1.93. The van der Waals surface area contributed by atoms with Gasteiger partial charge in [0.1, 0.15) is 0 Å². The van der Waals surface area contributed by atoms with Crippen LogP contribution < -0.4 is 0 Å². The number of carboxylic acids is 1. The number of aromatic nitrogens is 4. The molecule has 0 aliphatic heterocycles. The van der Waals surface area contributed by atoms with Crippen LogP contribution in [0, 0.1) is 6.92 Å². The van der Waals surface area contributed by atoms with E-state index < -0.39 is 5.97 Å². The van der Waals surface area contributed by atoms with Crippen molar-refractivity contribution in [3.05, 3.63) is 40.2 Å². The average molecular weight is 253 g/mol. The highest BCUT2D eigenvalue weighted by molar-refractivity contribution is 6.30. The zero-order chi connectivity index (χ0) is 12.4. The summed E-state index contributed by atoms with van der Waals surface area (Å²) in [5, 5.41) is 21.0. The van der Waals surface area contributed by atoms with Gasteiger partial charge in [-0.1, -0.05) is 11.6 Å². The molecule has 1 aromatic carbocycles. The van der Waals surface area contributed by atoms with E-state index in [2.05, 4.69) is 15.4 Å². The van der Waals surface area contributed by atoms with Crippen LogP contribution in [0.25, 0.3) is 0 Å². The third kappa shape index (κ3) is 2.59. The Morgan fingerprint density at radius 2 is 2.29 bits per heavy atom. The van der Waals surface area contributed by atoms with Crippen LogP contribution in [0.2, 0.25) is 5.02 Å². The lowest BCUT2D eigenvalue weighted by atomic mass is 10.1. The van der Waals surface area contributed by atoms with Crippen molar-refractivity contribution in [1.82, 2.24) is 20.2 Å². The maximum atomic E-state index is 11.0. The number of aromatic carboxylic acids is 1. The highest BCUT2D eigenvalue weighted by Crippen LogP contribution is 2.17. The Bertz CT molecular complexity index is 567. The second kappa shape index (κ2) is 4.50. The Balaban J connectivity index is 2.37. The van der Waals surface area contributed by atoms with E-state index in [1.165, 1.54) is 16.9 Å². The lowest BCUT2D eigenvalue weighted by Gasteiger charge is -2.05. The van der Waals surface area contributed by atoms with Gasteiger partial charge in [0, 0.05) is 5.02 Å². The van der Waals surface area contributed by atoms with E-state index in [4.69, 9.17) is 16.7 Å². The van der Waals surface area contributed by atoms with Crippen molar-refractivity contribution in [2.24, 2.45) is 0 Å². The van der Waals surface area contributed by atoms with Crippen molar-refractivity contribution >= 4 is 17.6 Å². The first-order valence-corrected chi connectivity index (χ1v) is 5.20. The molecule has 1 N–H and O–H groups in total. The SMILES string of the molecule is Cc1nnn(Cc2cc(Cl)ccc2C(=O)O)n1. The maximum Gasteiger partial charge on any atom is 0.336 e. The first-order chi connectivity index (χ1) is 8.06. The predicted octanol–water partition coefficient (Wildman–Crippen LogP) is 1.38. The molecule has 0 fully saturated rings. The molecule has 2 aromatic rings. The fourth-order valence-corrected chi connectivity index (χ4v) is 1.64. The number of nitrogens with zero attached hydrogens (tertiary/aromatic N) is 4. The molecule has 0 aliphatic rings. The Morgan fingerprint density at radius 1 is 1.53 bits per heavy atom. The Labute approximate surface area is 102 Å². The van der Waals surface area contributed by atoms with Gasteiger partial charge in [0.05, 0.1) is 12.1 Å². The van der Waals surface area contributed by atoms with E-state index in [9.17, 15) is 4.79 Å². The number of hydrogen-bond donors (Lipinski definition) is 1. The number of carboxylic acid groups (broad SMARTS) is 1. The van der Waals surface area contributed by atoms with Gasteiger partial charge in [0.25, 0.3) is 0 Å². The molecule has 0 saturated carbocycles. The van der Waals surface area contributed by atoms with Crippen molar-refractivity contribution in [2.75, 3.05) is 0 Å². The predicted molar refractivity (Wildman–Crippen MR) is 60.1 cm³/mol. The standard InChI is InChI=1S/C10H9ClN4O2/c1-6-12-14-15(13-6)5-7-4-8(11)2-3-9(7)10(16)17/h2-4H,5H2,1H3,(H,16,17). The smallest absolute Gasteiger partial charge is 0.336 e. The van der Waals surface area contributed by atoms with Crippen molar-refractivity contribution in [3.8, 4) is 0 Å². The Morgan fingerprint density at radius 3 is 2.88 bits per heavy atom. The minimum Gasteiger partial charge on any atom is -0.478 e. The molecule has 88 valence electrons. The van der Waals surface area contributed by atoms with Gasteiger partial charge in [-0.15, -0.1) is 10.2 Å². The van der Waals surface area contributed by atoms with E-state index in [0.29, 0.717) is 16.4 Å². The molecule has 0 unspecified atom stereocenters. The van der Waals surface area contributed by atoms with Crippen LogP contribution in [0.15, 0.2) is 18.2 Å². The molecule has 0 spiro atoms. The second-order valence-corrected chi connectivity index (χ2v) is 3.91. The molecule has 0 bridgehead atoms. The molecule has 1 heterocycles. The largest absolute Gasteiger partial charge is 0.478 e. The summed E-state index contributed by atoms with van der Waals surface area (Å²) in [6, 6.07) is 4.59. The third-order valence-electron chi connectivity index (χ3n) is 2.16. The zero-order valence-electron chi connectivity index (χ0n) is 8.96. The van der Waals surface area contributed by atoms with E-state index in [1.807, 2.05) is 0 Å². The molecule has 0 atom stereocenters. The first kappa shape index (κ1) is 11.5. The third-order valence-corrected chi connectivity index (χ3v) is 2.40. The van der Waals surface area contributed by atoms with Gasteiger partial charge in [-0.25, -0.2) is 4.79 Å². The molecule has 0 radical (unpaired) electrons. The summed E-state index contributed by atoms with van der Waals surface area (Å²) in [6.07, 6.45) is 0. The summed E-state index contributed by atoms with van der Waals surface area (Å²) in [7, 11) is 0. The van der Waals surface area contributed by atoms with Crippen LogP contribution in [-0.4, -0.2) is 31.3 Å². The van der Waals surface area contributed by atoms with Gasteiger partial charge in [-0.2, -0.15) is 4.80 Å². The minimum absolute atomic E-state index is 0.185. The molecule has 0 amide bonds. The van der Waals surface area contributed by atoms with Crippen LogP contribution >= 0.6 is 11.6 Å². The second-order valence-electron chi connectivity index (χ2n) is 3.47. The summed E-state index contributed by atoms with van der Waals surface area (Å²) in [5.74, 6) is -0.475. The highest BCUT2D eigenvalue weighted by Gasteiger charge is 2.12. The van der Waals surface area contributed by atoms with Crippen molar-refractivity contribution in [2.45, 2.75) is 13.5 Å². The van der Waals surface area contributed by atoms with Crippen LogP contribution in [0.3, 0.4) is 0 Å². The lowest BCUT2D eigenvalue weighted by Crippen LogP contribution is -2.09. The molecular weight excluding hydrogens is 244 g/mol. The van der Waals surface area contributed by atoms with Gasteiger partial charge >= 0.3 is 5.97 Å². The lowest BCUT2D eigenvalue weighted by molar-refractivity contribution is 0.0695. The summed E-state index contributed by atoms with van der Waals surface area (Å²) < 4.78 is 0. The normalized spacial score (nSPS) is 10.5. The quantitative estimate of drug-likeness (QED) is 0.893. The van der Waals surface area contributed by atoms with Crippen molar-refractivity contribution < 1.29 is 9.90 Å². The average Bonchev–Trinajstić information content (AvgIpc) is 2.63. The molecule has 0 aliphatic carbocycles. The van der Waals surface area contributed by atoms with Gasteiger partial charge < -0.3 is 5.11 Å². The van der Waals surface area contributed by atoms with Crippen molar-refractivity contribution in [3.63, 3.8) is 0 Å². The molecular formula is C10H9ClN4O2. The van der Waals surface area contributed by atoms with Crippen LogP contribution in [0.5, 0.6) is 0 Å². The number of hydrogen-bond acceptors (Lipinski definition) is 4. The van der Waals surface area contributed by atoms with Gasteiger partial charge in [0.2, 0.25) is 0 Å². The fourth-order valence-electron chi connectivity index (χ4n) is 1.44. The molecule has 6 nitrogen and oxygen atoms in total. The topological polar surface area (TPSA) is 80.9 Å². The Kier molecular flexibility index (Phi) is 3.06. The number of tetrazole rings is 1. The number of halogens is 1. The number of carbonyl (C=O) groups is 1. The maximum absolute atomic E-state index is 11.0. The summed E-state index contributed by atoms with van der Waals surface area (Å²) >= 11 is 5.83. The molecule has 0 saturated heterocycles. The molecule has 7 heteroatoms. The van der Waals surface area contributed by atoms with Crippen LogP contribution in [0.4, 0.5) is 0 Å². The van der Waals surface area contributed by atoms with Crippen LogP contribution in [-0.2, 0) is 6.54 Å². The summed E-state index contributed by atoms with van der Waals surface area (Å²) in [4.78, 5) is 12.3. The first-order valence-electron chi connectivity index (χ1n) is 4.82. The number of aryl methyl sites for hydroxylation is 1. The molecule has 1 aromatic heterocycles. The van der Waals surface area contributed by atoms with Gasteiger partial charge in [0.15, 0.2) is 5.82 Å².